The molecule has 0 fully saturated rings. The number of rotatable bonds is 8. The van der Waals surface area contributed by atoms with Gasteiger partial charge < -0.3 is 15.0 Å². The summed E-state index contributed by atoms with van der Waals surface area (Å²) in [5.41, 5.74) is 5.28. The lowest BCUT2D eigenvalue weighted by molar-refractivity contribution is -0.133. The Labute approximate surface area is 193 Å². The maximum Gasteiger partial charge on any atom is 0.244 e. The number of carbonyl (C=O) groups is 1. The molecular formula is C26H29N5O2. The van der Waals surface area contributed by atoms with Crippen molar-refractivity contribution in [1.29, 1.82) is 0 Å². The summed E-state index contributed by atoms with van der Waals surface area (Å²) < 4.78 is 5.54. The first kappa shape index (κ1) is 22.5. The number of hydrogen-bond donors (Lipinski definition) is 2. The number of ether oxygens (including phenoxy) is 1. The molecule has 4 rings (SSSR count). The van der Waals surface area contributed by atoms with Crippen LogP contribution >= 0.6 is 0 Å². The lowest BCUT2D eigenvalue weighted by atomic mass is 9.98. The van der Waals surface area contributed by atoms with E-state index in [1.165, 1.54) is 0 Å². The number of nitrogens with one attached hydrogen (secondary N) is 2. The van der Waals surface area contributed by atoms with Crippen molar-refractivity contribution in [2.24, 2.45) is 0 Å². The van der Waals surface area contributed by atoms with E-state index in [4.69, 9.17) is 4.74 Å². The van der Waals surface area contributed by atoms with Crippen molar-refractivity contribution in [3.8, 4) is 28.1 Å². The van der Waals surface area contributed by atoms with Crippen molar-refractivity contribution < 1.29 is 9.53 Å². The number of pyridine rings is 1. The molecule has 0 bridgehead atoms. The molecule has 0 saturated carbocycles. The third-order valence-corrected chi connectivity index (χ3v) is 5.95. The second-order valence-electron chi connectivity index (χ2n) is 7.75. The average Bonchev–Trinajstić information content (AvgIpc) is 3.28. The fraction of sp³-hybridized carbons (Fsp3) is 0.269. The van der Waals surface area contributed by atoms with Gasteiger partial charge in [-0.25, -0.2) is 4.98 Å². The van der Waals surface area contributed by atoms with Crippen molar-refractivity contribution in [2.75, 3.05) is 27.2 Å². The first-order chi connectivity index (χ1) is 16.1. The van der Waals surface area contributed by atoms with E-state index < -0.39 is 6.04 Å². The van der Waals surface area contributed by atoms with E-state index in [1.54, 1.807) is 7.11 Å². The zero-order valence-electron chi connectivity index (χ0n) is 19.4. The molecule has 2 heterocycles. The van der Waals surface area contributed by atoms with Crippen LogP contribution in [0, 0.1) is 0 Å². The van der Waals surface area contributed by atoms with Crippen LogP contribution in [0.2, 0.25) is 0 Å². The van der Waals surface area contributed by atoms with Gasteiger partial charge in [-0.3, -0.25) is 9.89 Å². The van der Waals surface area contributed by atoms with Gasteiger partial charge in [0.2, 0.25) is 5.91 Å². The van der Waals surface area contributed by atoms with E-state index in [-0.39, 0.29) is 5.91 Å². The van der Waals surface area contributed by atoms with Gasteiger partial charge in [0.15, 0.2) is 5.65 Å². The number of hydrogen-bond acceptors (Lipinski definition) is 5. The highest BCUT2D eigenvalue weighted by Gasteiger charge is 2.23. The summed E-state index contributed by atoms with van der Waals surface area (Å²) in [6.07, 6.45) is 1.81. The highest BCUT2D eigenvalue weighted by Crippen LogP contribution is 2.34. The highest BCUT2D eigenvalue weighted by molar-refractivity contribution is 5.95. The van der Waals surface area contributed by atoms with Gasteiger partial charge >= 0.3 is 0 Å². The number of para-hydroxylation sites is 1. The van der Waals surface area contributed by atoms with Crippen molar-refractivity contribution in [1.82, 2.24) is 25.4 Å². The number of nitrogens with zero attached hydrogens (tertiary/aromatic N) is 3. The Bertz CT molecular complexity index is 1260. The van der Waals surface area contributed by atoms with E-state index in [2.05, 4.69) is 26.6 Å². The van der Waals surface area contributed by atoms with Crippen LogP contribution in [0.25, 0.3) is 33.4 Å². The van der Waals surface area contributed by atoms with Gasteiger partial charge in [0.1, 0.15) is 11.8 Å². The molecular weight excluding hydrogens is 414 g/mol. The molecule has 1 amide bonds. The van der Waals surface area contributed by atoms with Crippen LogP contribution in [0.15, 0.2) is 60.8 Å². The average molecular weight is 444 g/mol. The molecule has 0 radical (unpaired) electrons. The van der Waals surface area contributed by atoms with E-state index in [9.17, 15) is 4.79 Å². The summed E-state index contributed by atoms with van der Waals surface area (Å²) in [4.78, 5) is 19.4. The predicted octanol–water partition coefficient (Wildman–Crippen LogP) is 4.43. The highest BCUT2D eigenvalue weighted by atomic mass is 16.5. The minimum Gasteiger partial charge on any atom is -0.496 e. The topological polar surface area (TPSA) is 83.1 Å². The van der Waals surface area contributed by atoms with Gasteiger partial charge in [-0.15, -0.1) is 0 Å². The molecule has 4 aromatic rings. The number of benzene rings is 2. The molecule has 2 N–H and O–H groups in total. The lowest BCUT2D eigenvalue weighted by Crippen LogP contribution is -2.39. The van der Waals surface area contributed by atoms with Crippen molar-refractivity contribution in [2.45, 2.75) is 19.9 Å². The predicted molar refractivity (Wildman–Crippen MR) is 131 cm³/mol. The number of H-pyrrole nitrogens is 1. The van der Waals surface area contributed by atoms with Crippen LogP contribution in [0.1, 0.15) is 25.5 Å². The minimum absolute atomic E-state index is 0.0709. The maximum atomic E-state index is 13.0. The van der Waals surface area contributed by atoms with Gasteiger partial charge in [0, 0.05) is 35.8 Å². The second-order valence-corrected chi connectivity index (χ2v) is 7.75. The minimum atomic E-state index is -0.403. The van der Waals surface area contributed by atoms with Gasteiger partial charge in [0.05, 0.1) is 12.8 Å². The molecule has 7 heteroatoms. The first-order valence-corrected chi connectivity index (χ1v) is 11.1. The molecule has 0 spiro atoms. The van der Waals surface area contributed by atoms with Gasteiger partial charge in [-0.1, -0.05) is 30.3 Å². The Balaban J connectivity index is 1.75. The summed E-state index contributed by atoms with van der Waals surface area (Å²) in [7, 11) is 3.47. The van der Waals surface area contributed by atoms with Gasteiger partial charge in [0.25, 0.3) is 0 Å². The molecule has 0 aliphatic heterocycles. The molecule has 0 saturated heterocycles. The second kappa shape index (κ2) is 9.83. The molecule has 0 aliphatic carbocycles. The molecule has 2 aromatic heterocycles. The van der Waals surface area contributed by atoms with Crippen molar-refractivity contribution in [3.63, 3.8) is 0 Å². The molecule has 1 unspecified atom stereocenters. The smallest absolute Gasteiger partial charge is 0.244 e. The molecule has 0 aliphatic rings. The number of aromatic nitrogens is 3. The molecule has 1 atom stereocenters. The van der Waals surface area contributed by atoms with Crippen molar-refractivity contribution in [3.05, 3.63) is 66.4 Å². The number of methoxy groups -OCH3 is 1. The summed E-state index contributed by atoms with van der Waals surface area (Å²) in [5, 5.41) is 11.6. The van der Waals surface area contributed by atoms with Crippen LogP contribution in [0.5, 0.6) is 5.75 Å². The quantitative estimate of drug-likeness (QED) is 0.421. The number of fused-ring (bicyclic) bond motifs is 1. The standard InChI is InChI=1S/C26H29N5O2/c1-5-31(6-2)26(32)23(27-3)18-11-9-10-17(14-18)19-15-21-24(29-30-25(21)28-16-19)20-12-7-8-13-22(20)33-4/h7-16,23,27H,5-6H2,1-4H3,(H,28,29,30). The Kier molecular flexibility index (Phi) is 6.70. The molecule has 7 nitrogen and oxygen atoms in total. The molecule has 33 heavy (non-hydrogen) atoms. The van der Waals surface area contributed by atoms with E-state index >= 15 is 0 Å². The van der Waals surface area contributed by atoms with E-state index in [0.29, 0.717) is 18.7 Å². The van der Waals surface area contributed by atoms with Crippen LogP contribution in [0.3, 0.4) is 0 Å². The normalized spacial score (nSPS) is 12.0. The summed E-state index contributed by atoms with van der Waals surface area (Å²) in [6, 6.07) is 17.5. The fourth-order valence-corrected chi connectivity index (χ4v) is 4.16. The third kappa shape index (κ3) is 4.32. The largest absolute Gasteiger partial charge is 0.496 e. The maximum absolute atomic E-state index is 13.0. The zero-order valence-corrected chi connectivity index (χ0v) is 19.4. The summed E-state index contributed by atoms with van der Waals surface area (Å²) >= 11 is 0. The van der Waals surface area contributed by atoms with Gasteiger partial charge in [-0.2, -0.15) is 5.10 Å². The Morgan fingerprint density at radius 1 is 1.09 bits per heavy atom. The fourth-order valence-electron chi connectivity index (χ4n) is 4.16. The number of aromatic amines is 1. The molecule has 170 valence electrons. The summed E-state index contributed by atoms with van der Waals surface area (Å²) in [5.74, 6) is 0.837. The molecule has 2 aromatic carbocycles. The van der Waals surface area contributed by atoms with E-state index in [1.807, 2.05) is 80.5 Å². The van der Waals surface area contributed by atoms with Crippen LogP contribution in [-0.4, -0.2) is 53.2 Å². The van der Waals surface area contributed by atoms with E-state index in [0.717, 1.165) is 39.1 Å². The summed E-state index contributed by atoms with van der Waals surface area (Å²) in [6.45, 7) is 5.35. The Morgan fingerprint density at radius 2 is 1.88 bits per heavy atom. The van der Waals surface area contributed by atoms with Crippen molar-refractivity contribution >= 4 is 16.9 Å². The van der Waals surface area contributed by atoms with Crippen LogP contribution in [-0.2, 0) is 4.79 Å². The zero-order chi connectivity index (χ0) is 23.4. The third-order valence-electron chi connectivity index (χ3n) is 5.95. The number of likely N-dealkylation sites (N-methyl/N-ethyl adjacent to an activating group) is 2. The number of carbonyl (C=O) groups excluding carboxylic acids is 1. The SMILES string of the molecule is CCN(CC)C(=O)C(NC)c1cccc(-c2cnc3n[nH]c(-c4ccccc4OC)c3c2)c1. The monoisotopic (exact) mass is 443 g/mol. The lowest BCUT2D eigenvalue weighted by Gasteiger charge is -2.25. The Morgan fingerprint density at radius 3 is 2.61 bits per heavy atom. The van der Waals surface area contributed by atoms with Crippen LogP contribution < -0.4 is 10.1 Å². The number of amides is 1. The first-order valence-electron chi connectivity index (χ1n) is 11.1. The van der Waals surface area contributed by atoms with Gasteiger partial charge in [-0.05, 0) is 56.3 Å². The Hall–Kier alpha value is -3.71. The van der Waals surface area contributed by atoms with Crippen LogP contribution in [0.4, 0.5) is 0 Å².